The Kier molecular flexibility index (Phi) is 3.48. The molecule has 0 radical (unpaired) electrons. The van der Waals surface area contributed by atoms with Gasteiger partial charge in [0, 0.05) is 12.8 Å². The second-order valence-corrected chi connectivity index (χ2v) is 5.87. The average Bonchev–Trinajstić information content (AvgIpc) is 2.14. The van der Waals surface area contributed by atoms with Crippen molar-refractivity contribution in [2.45, 2.75) is 32.1 Å². The van der Waals surface area contributed by atoms with E-state index in [-0.39, 0.29) is 0 Å². The number of allylic oxidation sites excluding steroid dienone is 1. The Morgan fingerprint density at radius 1 is 1.31 bits per heavy atom. The SMILES string of the molecule is C=C1C[C@@H]2CC(=O)C[C@@H](C2)[C@H]1CCN(C)C. The second-order valence-electron chi connectivity index (χ2n) is 5.87. The molecule has 0 saturated heterocycles. The third-order valence-electron chi connectivity index (χ3n) is 4.17. The summed E-state index contributed by atoms with van der Waals surface area (Å²) in [6, 6.07) is 0. The molecule has 0 aliphatic heterocycles. The van der Waals surface area contributed by atoms with Crippen LogP contribution in [0.5, 0.6) is 0 Å². The molecule has 2 nitrogen and oxygen atoms in total. The molecule has 0 heterocycles. The first-order valence-electron chi connectivity index (χ1n) is 6.40. The maximum absolute atomic E-state index is 11.6. The van der Waals surface area contributed by atoms with Crippen LogP contribution in [0.2, 0.25) is 0 Å². The Balaban J connectivity index is 2.00. The topological polar surface area (TPSA) is 20.3 Å². The van der Waals surface area contributed by atoms with Gasteiger partial charge in [0.05, 0.1) is 0 Å². The predicted octanol–water partition coefficient (Wildman–Crippen LogP) is 2.50. The van der Waals surface area contributed by atoms with Gasteiger partial charge in [-0.25, -0.2) is 0 Å². The molecule has 2 aliphatic carbocycles. The molecule has 2 aliphatic rings. The quantitative estimate of drug-likeness (QED) is 0.682. The van der Waals surface area contributed by atoms with Gasteiger partial charge in [-0.3, -0.25) is 4.79 Å². The minimum Gasteiger partial charge on any atom is -0.309 e. The summed E-state index contributed by atoms with van der Waals surface area (Å²) in [5, 5.41) is 0. The zero-order chi connectivity index (χ0) is 11.7. The first-order chi connectivity index (χ1) is 7.56. The molecule has 0 N–H and O–H groups in total. The molecule has 2 fully saturated rings. The van der Waals surface area contributed by atoms with Crippen molar-refractivity contribution in [1.29, 1.82) is 0 Å². The standard InChI is InChI=1S/C14H23NO/c1-10-6-11-7-12(9-13(16)8-11)14(10)4-5-15(2)3/h11-12,14H,1,4-9H2,2-3H3/t11-,12+,14-/m0/s1. The average molecular weight is 221 g/mol. The van der Waals surface area contributed by atoms with Crippen LogP contribution in [0.1, 0.15) is 32.1 Å². The molecule has 0 aromatic carbocycles. The van der Waals surface area contributed by atoms with Crippen molar-refractivity contribution < 1.29 is 4.79 Å². The number of nitrogens with zero attached hydrogens (tertiary/aromatic N) is 1. The van der Waals surface area contributed by atoms with E-state index < -0.39 is 0 Å². The lowest BCUT2D eigenvalue weighted by Gasteiger charge is -2.41. The summed E-state index contributed by atoms with van der Waals surface area (Å²) < 4.78 is 0. The van der Waals surface area contributed by atoms with Crippen LogP contribution >= 0.6 is 0 Å². The Labute approximate surface area is 98.7 Å². The number of rotatable bonds is 3. The molecule has 0 amide bonds. The van der Waals surface area contributed by atoms with E-state index >= 15 is 0 Å². The van der Waals surface area contributed by atoms with Gasteiger partial charge in [0.25, 0.3) is 0 Å². The molecule has 0 unspecified atom stereocenters. The van der Waals surface area contributed by atoms with E-state index in [0.717, 1.165) is 25.8 Å². The molecule has 2 saturated carbocycles. The fourth-order valence-corrected chi connectivity index (χ4v) is 3.45. The van der Waals surface area contributed by atoms with Crippen molar-refractivity contribution in [3.63, 3.8) is 0 Å². The number of hydrogen-bond donors (Lipinski definition) is 0. The maximum Gasteiger partial charge on any atom is 0.133 e. The van der Waals surface area contributed by atoms with E-state index in [1.807, 2.05) is 0 Å². The Morgan fingerprint density at radius 2 is 2.06 bits per heavy atom. The van der Waals surface area contributed by atoms with Crippen LogP contribution in [0.15, 0.2) is 12.2 Å². The molecule has 0 aromatic heterocycles. The summed E-state index contributed by atoms with van der Waals surface area (Å²) in [5.41, 5.74) is 1.41. The number of ketones is 1. The van der Waals surface area contributed by atoms with Gasteiger partial charge >= 0.3 is 0 Å². The van der Waals surface area contributed by atoms with Gasteiger partial charge in [0.15, 0.2) is 0 Å². The van der Waals surface area contributed by atoms with Gasteiger partial charge in [-0.05, 0) is 57.7 Å². The molecule has 0 spiro atoms. The molecule has 0 aromatic rings. The number of carbonyl (C=O) groups is 1. The van der Waals surface area contributed by atoms with E-state index in [4.69, 9.17) is 0 Å². The first kappa shape index (κ1) is 11.8. The second kappa shape index (κ2) is 4.70. The first-order valence-corrected chi connectivity index (χ1v) is 6.40. The molecular formula is C14H23NO. The van der Waals surface area contributed by atoms with Crippen molar-refractivity contribution >= 4 is 5.78 Å². The van der Waals surface area contributed by atoms with Gasteiger partial charge in [-0.15, -0.1) is 0 Å². The van der Waals surface area contributed by atoms with Crippen LogP contribution in [-0.4, -0.2) is 31.3 Å². The minimum absolute atomic E-state index is 0.489. The smallest absolute Gasteiger partial charge is 0.133 e. The normalized spacial score (nSPS) is 34.6. The van der Waals surface area contributed by atoms with E-state index in [9.17, 15) is 4.79 Å². The Morgan fingerprint density at radius 3 is 2.75 bits per heavy atom. The Hall–Kier alpha value is -0.630. The molecule has 2 heteroatoms. The summed E-state index contributed by atoms with van der Waals surface area (Å²) in [6.45, 7) is 5.36. The van der Waals surface area contributed by atoms with Gasteiger partial charge < -0.3 is 4.90 Å². The zero-order valence-corrected chi connectivity index (χ0v) is 10.5. The monoisotopic (exact) mass is 221 g/mol. The van der Waals surface area contributed by atoms with Crippen LogP contribution < -0.4 is 0 Å². The minimum atomic E-state index is 0.489. The molecule has 90 valence electrons. The molecule has 16 heavy (non-hydrogen) atoms. The lowest BCUT2D eigenvalue weighted by Crippen LogP contribution is -2.35. The summed E-state index contributed by atoms with van der Waals surface area (Å²) in [5.74, 6) is 2.31. The third-order valence-corrected chi connectivity index (χ3v) is 4.17. The highest BCUT2D eigenvalue weighted by Crippen LogP contribution is 2.45. The highest BCUT2D eigenvalue weighted by molar-refractivity contribution is 5.80. The lowest BCUT2D eigenvalue weighted by atomic mass is 9.64. The summed E-state index contributed by atoms with van der Waals surface area (Å²) in [4.78, 5) is 13.9. The number of carbonyl (C=O) groups excluding carboxylic acids is 1. The van der Waals surface area contributed by atoms with Gasteiger partial charge in [0.1, 0.15) is 5.78 Å². The molecular weight excluding hydrogens is 198 g/mol. The zero-order valence-electron chi connectivity index (χ0n) is 10.5. The highest BCUT2D eigenvalue weighted by atomic mass is 16.1. The van der Waals surface area contributed by atoms with Crippen molar-refractivity contribution in [3.05, 3.63) is 12.2 Å². The van der Waals surface area contributed by atoms with E-state index in [2.05, 4.69) is 25.6 Å². The largest absolute Gasteiger partial charge is 0.309 e. The number of hydrogen-bond acceptors (Lipinski definition) is 2. The van der Waals surface area contributed by atoms with Crippen LogP contribution in [0.25, 0.3) is 0 Å². The van der Waals surface area contributed by atoms with Crippen LogP contribution in [-0.2, 0) is 4.79 Å². The van der Waals surface area contributed by atoms with E-state index in [1.54, 1.807) is 0 Å². The van der Waals surface area contributed by atoms with Crippen molar-refractivity contribution in [1.82, 2.24) is 4.90 Å². The predicted molar refractivity (Wildman–Crippen MR) is 66.3 cm³/mol. The fourth-order valence-electron chi connectivity index (χ4n) is 3.45. The van der Waals surface area contributed by atoms with E-state index in [1.165, 1.54) is 18.4 Å². The Bertz CT molecular complexity index is 295. The van der Waals surface area contributed by atoms with E-state index in [0.29, 0.717) is 23.5 Å². The van der Waals surface area contributed by atoms with Crippen molar-refractivity contribution in [2.24, 2.45) is 17.8 Å². The number of fused-ring (bicyclic) bond motifs is 2. The third kappa shape index (κ3) is 2.54. The summed E-state index contributed by atoms with van der Waals surface area (Å²) >= 11 is 0. The van der Waals surface area contributed by atoms with Gasteiger partial charge in [0.2, 0.25) is 0 Å². The van der Waals surface area contributed by atoms with Crippen LogP contribution in [0, 0.1) is 17.8 Å². The summed E-state index contributed by atoms with van der Waals surface area (Å²) in [6.07, 6.45) is 5.17. The van der Waals surface area contributed by atoms with Crippen LogP contribution in [0.3, 0.4) is 0 Å². The van der Waals surface area contributed by atoms with Crippen molar-refractivity contribution in [3.8, 4) is 0 Å². The highest BCUT2D eigenvalue weighted by Gasteiger charge is 2.38. The van der Waals surface area contributed by atoms with Crippen LogP contribution in [0.4, 0.5) is 0 Å². The summed E-state index contributed by atoms with van der Waals surface area (Å²) in [7, 11) is 4.22. The molecule has 3 atom stereocenters. The molecule has 2 bridgehead atoms. The number of Topliss-reactive ketones (excluding diaryl/α,β-unsaturated/α-hetero) is 1. The fraction of sp³-hybridized carbons (Fsp3) is 0.786. The van der Waals surface area contributed by atoms with Gasteiger partial charge in [-0.2, -0.15) is 0 Å². The van der Waals surface area contributed by atoms with Crippen molar-refractivity contribution in [2.75, 3.05) is 20.6 Å². The van der Waals surface area contributed by atoms with Gasteiger partial charge in [-0.1, -0.05) is 12.2 Å². The maximum atomic E-state index is 11.6. The lowest BCUT2D eigenvalue weighted by molar-refractivity contribution is -0.124. The molecule has 2 rings (SSSR count).